The number of ether oxygens (including phenoxy) is 1. The summed E-state index contributed by atoms with van der Waals surface area (Å²) in [6.07, 6.45) is 0.951. The fraction of sp³-hybridized carbons (Fsp3) is 0.235. The number of hydrogen-bond donors (Lipinski definition) is 0. The van der Waals surface area contributed by atoms with Crippen LogP contribution in [0.25, 0.3) is 11.1 Å². The second-order valence-corrected chi connectivity index (χ2v) is 5.00. The third kappa shape index (κ3) is 3.76. The van der Waals surface area contributed by atoms with Crippen LogP contribution in [0.5, 0.6) is 5.75 Å². The van der Waals surface area contributed by atoms with Gasteiger partial charge in [0.25, 0.3) is 0 Å². The highest BCUT2D eigenvalue weighted by molar-refractivity contribution is 6.17. The lowest BCUT2D eigenvalue weighted by Crippen LogP contribution is -2.11. The minimum atomic E-state index is 0.119. The van der Waals surface area contributed by atoms with Crippen molar-refractivity contribution in [3.05, 3.63) is 54.1 Å². The van der Waals surface area contributed by atoms with Crippen LogP contribution >= 0.6 is 11.6 Å². The Bertz CT molecular complexity index is 584. The van der Waals surface area contributed by atoms with Gasteiger partial charge in [0.2, 0.25) is 0 Å². The van der Waals surface area contributed by atoms with E-state index in [0.717, 1.165) is 23.3 Å². The smallest absolute Gasteiger partial charge is 0.119 e. The van der Waals surface area contributed by atoms with E-state index < -0.39 is 0 Å². The topological polar surface area (TPSA) is 33.0 Å². The summed E-state index contributed by atoms with van der Waals surface area (Å²) >= 11 is 5.69. The fourth-order valence-electron chi connectivity index (χ4n) is 1.91. The van der Waals surface area contributed by atoms with Gasteiger partial charge in [-0.3, -0.25) is 0 Å². The molecule has 20 heavy (non-hydrogen) atoms. The molecule has 0 aliphatic rings. The van der Waals surface area contributed by atoms with Crippen LogP contribution in [0.3, 0.4) is 0 Å². The average molecular weight is 286 g/mol. The number of hydrogen-bond acceptors (Lipinski definition) is 2. The number of halogens is 1. The van der Waals surface area contributed by atoms with Crippen molar-refractivity contribution in [1.82, 2.24) is 0 Å². The van der Waals surface area contributed by atoms with E-state index in [-0.39, 0.29) is 6.10 Å². The van der Waals surface area contributed by atoms with Crippen LogP contribution in [0.1, 0.15) is 18.9 Å². The minimum absolute atomic E-state index is 0.119. The summed E-state index contributed by atoms with van der Waals surface area (Å²) in [5, 5.41) is 8.79. The van der Waals surface area contributed by atoms with Crippen LogP contribution in [0.2, 0.25) is 0 Å². The first-order valence-corrected chi connectivity index (χ1v) is 7.09. The molecule has 0 fully saturated rings. The molecule has 0 saturated heterocycles. The highest BCUT2D eigenvalue weighted by Crippen LogP contribution is 2.23. The monoisotopic (exact) mass is 285 g/mol. The quantitative estimate of drug-likeness (QED) is 0.751. The van der Waals surface area contributed by atoms with E-state index in [0.29, 0.717) is 11.4 Å². The molecule has 0 spiro atoms. The SMILES string of the molecule is CC(CCCl)Oc1ccc(-c2ccc(C#N)cc2)cc1. The maximum Gasteiger partial charge on any atom is 0.119 e. The molecule has 3 heteroatoms. The standard InChI is InChI=1S/C17H16ClNO/c1-13(10-11-18)20-17-8-6-16(7-9-17)15-4-2-14(12-19)3-5-15/h2-9,13H,10-11H2,1H3. The Balaban J connectivity index is 2.09. The number of rotatable bonds is 5. The van der Waals surface area contributed by atoms with Crippen LogP contribution in [-0.2, 0) is 0 Å². The van der Waals surface area contributed by atoms with Gasteiger partial charge >= 0.3 is 0 Å². The van der Waals surface area contributed by atoms with Crippen molar-refractivity contribution >= 4 is 11.6 Å². The predicted octanol–water partition coefficient (Wildman–Crippen LogP) is 4.62. The number of nitrogens with zero attached hydrogens (tertiary/aromatic N) is 1. The summed E-state index contributed by atoms with van der Waals surface area (Å²) < 4.78 is 5.75. The highest BCUT2D eigenvalue weighted by atomic mass is 35.5. The molecular weight excluding hydrogens is 270 g/mol. The highest BCUT2D eigenvalue weighted by Gasteiger charge is 2.04. The largest absolute Gasteiger partial charge is 0.491 e. The van der Waals surface area contributed by atoms with Crippen molar-refractivity contribution in [2.24, 2.45) is 0 Å². The minimum Gasteiger partial charge on any atom is -0.491 e. The van der Waals surface area contributed by atoms with Gasteiger partial charge in [-0.15, -0.1) is 11.6 Å². The Labute approximate surface area is 124 Å². The first-order chi connectivity index (χ1) is 9.72. The maximum absolute atomic E-state index is 8.79. The molecule has 0 aromatic heterocycles. The first kappa shape index (κ1) is 14.4. The van der Waals surface area contributed by atoms with Gasteiger partial charge < -0.3 is 4.74 Å². The molecule has 1 atom stereocenters. The summed E-state index contributed by atoms with van der Waals surface area (Å²) in [4.78, 5) is 0. The Hall–Kier alpha value is -1.98. The molecule has 2 aromatic carbocycles. The number of nitriles is 1. The molecule has 0 aliphatic carbocycles. The van der Waals surface area contributed by atoms with Gasteiger partial charge in [-0.05, 0) is 48.7 Å². The Morgan fingerprint density at radius 3 is 2.10 bits per heavy atom. The molecule has 2 nitrogen and oxygen atoms in total. The van der Waals surface area contributed by atoms with Crippen molar-refractivity contribution in [3.63, 3.8) is 0 Å². The van der Waals surface area contributed by atoms with Gasteiger partial charge in [-0.25, -0.2) is 0 Å². The molecule has 0 radical (unpaired) electrons. The van der Waals surface area contributed by atoms with E-state index in [2.05, 4.69) is 6.07 Å². The molecule has 2 aromatic rings. The summed E-state index contributed by atoms with van der Waals surface area (Å²) in [5.41, 5.74) is 2.86. The lowest BCUT2D eigenvalue weighted by molar-refractivity contribution is 0.218. The van der Waals surface area contributed by atoms with Crippen molar-refractivity contribution < 1.29 is 4.74 Å². The molecule has 0 saturated carbocycles. The van der Waals surface area contributed by atoms with E-state index in [4.69, 9.17) is 21.6 Å². The summed E-state index contributed by atoms with van der Waals surface area (Å²) in [6, 6.07) is 17.6. The summed E-state index contributed by atoms with van der Waals surface area (Å²) in [7, 11) is 0. The molecule has 0 heterocycles. The van der Waals surface area contributed by atoms with E-state index in [9.17, 15) is 0 Å². The lowest BCUT2D eigenvalue weighted by atomic mass is 10.0. The average Bonchev–Trinajstić information content (AvgIpc) is 2.48. The van der Waals surface area contributed by atoms with Crippen LogP contribution < -0.4 is 4.74 Å². The molecular formula is C17H16ClNO. The predicted molar refractivity (Wildman–Crippen MR) is 82.0 cm³/mol. The molecule has 0 N–H and O–H groups in total. The van der Waals surface area contributed by atoms with Gasteiger partial charge in [0.05, 0.1) is 17.7 Å². The summed E-state index contributed by atoms with van der Waals surface area (Å²) in [5.74, 6) is 1.45. The van der Waals surface area contributed by atoms with Crippen LogP contribution in [0, 0.1) is 11.3 Å². The number of alkyl halides is 1. The third-order valence-corrected chi connectivity index (χ3v) is 3.27. The van der Waals surface area contributed by atoms with Gasteiger partial charge in [0.15, 0.2) is 0 Å². The van der Waals surface area contributed by atoms with Gasteiger partial charge in [0.1, 0.15) is 5.75 Å². The zero-order valence-corrected chi connectivity index (χ0v) is 12.1. The third-order valence-electron chi connectivity index (χ3n) is 3.05. The van der Waals surface area contributed by atoms with E-state index in [1.54, 1.807) is 0 Å². The Morgan fingerprint density at radius 2 is 1.60 bits per heavy atom. The van der Waals surface area contributed by atoms with Crippen LogP contribution in [0.4, 0.5) is 0 Å². The second-order valence-electron chi connectivity index (χ2n) is 4.62. The van der Waals surface area contributed by atoms with Crippen LogP contribution in [0.15, 0.2) is 48.5 Å². The molecule has 102 valence electrons. The fourth-order valence-corrected chi connectivity index (χ4v) is 2.22. The molecule has 0 bridgehead atoms. The van der Waals surface area contributed by atoms with Gasteiger partial charge in [-0.2, -0.15) is 5.26 Å². The van der Waals surface area contributed by atoms with Crippen molar-refractivity contribution in [1.29, 1.82) is 5.26 Å². The Kier molecular flexibility index (Phi) is 5.03. The molecule has 0 aliphatic heterocycles. The zero-order chi connectivity index (χ0) is 14.4. The zero-order valence-electron chi connectivity index (χ0n) is 11.3. The summed E-state index contributed by atoms with van der Waals surface area (Å²) in [6.45, 7) is 2.01. The van der Waals surface area contributed by atoms with Gasteiger partial charge in [0, 0.05) is 5.88 Å². The first-order valence-electron chi connectivity index (χ1n) is 6.56. The second kappa shape index (κ2) is 6.98. The molecule has 0 amide bonds. The number of benzene rings is 2. The van der Waals surface area contributed by atoms with Crippen LogP contribution in [-0.4, -0.2) is 12.0 Å². The maximum atomic E-state index is 8.79. The van der Waals surface area contributed by atoms with E-state index in [1.807, 2.05) is 55.5 Å². The van der Waals surface area contributed by atoms with Crippen molar-refractivity contribution in [2.75, 3.05) is 5.88 Å². The lowest BCUT2D eigenvalue weighted by Gasteiger charge is -2.13. The van der Waals surface area contributed by atoms with E-state index >= 15 is 0 Å². The molecule has 2 rings (SSSR count). The Morgan fingerprint density at radius 1 is 1.05 bits per heavy atom. The van der Waals surface area contributed by atoms with Gasteiger partial charge in [-0.1, -0.05) is 24.3 Å². The normalized spacial score (nSPS) is 11.7. The van der Waals surface area contributed by atoms with E-state index in [1.165, 1.54) is 0 Å². The molecule has 1 unspecified atom stereocenters. The van der Waals surface area contributed by atoms with Crippen molar-refractivity contribution in [2.45, 2.75) is 19.4 Å². The van der Waals surface area contributed by atoms with Crippen molar-refractivity contribution in [3.8, 4) is 22.9 Å².